The minimum absolute atomic E-state index is 0.824. The van der Waals surface area contributed by atoms with Crippen LogP contribution in [-0.4, -0.2) is 0 Å². The average Bonchev–Trinajstić information content (AvgIpc) is 3.15. The van der Waals surface area contributed by atoms with Crippen molar-refractivity contribution in [3.63, 3.8) is 0 Å². The Morgan fingerprint density at radius 1 is 0.383 bits per heavy atom. The Bertz CT molecular complexity index is 2110. The fraction of sp³-hybridized carbons (Fsp3) is 0.109. The van der Waals surface area contributed by atoms with E-state index < -0.39 is 0 Å². The van der Waals surface area contributed by atoms with Crippen LogP contribution in [0.15, 0.2) is 158 Å². The Balaban J connectivity index is 1.39. The number of benzene rings is 6. The van der Waals surface area contributed by atoms with Crippen LogP contribution in [0.4, 0.5) is 0 Å². The monoisotopic (exact) mass is 602 g/mol. The molecule has 1 nitrogen and oxygen atoms in total. The second kappa shape index (κ2) is 11.7. The second-order valence-corrected chi connectivity index (χ2v) is 12.9. The molecule has 0 atom stereocenters. The molecule has 1 heteroatoms. The standard InChI is InChI=1S/C46H36N/c1-5-13-32(14-6-1)31-47-45-40(27-25-35-21-23-38(29-42(35)45)33-15-7-2-8-16-33)44(37-19-11-4-12-20-37)41-28-26-36-22-24-39(30-43(36)46(41)47)34-17-9-3-10-18-34/h1-24,29-30H,25-28,31H2/q+1. The van der Waals surface area contributed by atoms with Gasteiger partial charge in [0.1, 0.15) is 0 Å². The molecule has 0 saturated heterocycles. The molecule has 2 aliphatic carbocycles. The Kier molecular flexibility index (Phi) is 6.90. The molecule has 1 heterocycles. The van der Waals surface area contributed by atoms with Crippen LogP contribution in [0, 0.1) is 0 Å². The maximum Gasteiger partial charge on any atom is 0.217 e. The number of hydrogen-bond acceptors (Lipinski definition) is 0. The summed E-state index contributed by atoms with van der Waals surface area (Å²) < 4.78 is 2.70. The van der Waals surface area contributed by atoms with Crippen molar-refractivity contribution >= 4 is 0 Å². The lowest BCUT2D eigenvalue weighted by molar-refractivity contribution is -0.667. The maximum absolute atomic E-state index is 2.70. The van der Waals surface area contributed by atoms with E-state index in [4.69, 9.17) is 0 Å². The van der Waals surface area contributed by atoms with Gasteiger partial charge >= 0.3 is 0 Å². The third kappa shape index (κ3) is 4.91. The summed E-state index contributed by atoms with van der Waals surface area (Å²) >= 11 is 0. The largest absolute Gasteiger partial charge is 0.217 e. The van der Waals surface area contributed by atoms with E-state index in [9.17, 15) is 0 Å². The summed E-state index contributed by atoms with van der Waals surface area (Å²) in [5, 5.41) is 0. The van der Waals surface area contributed by atoms with Gasteiger partial charge in [-0.1, -0.05) is 146 Å². The number of fused-ring (bicyclic) bond motifs is 6. The Morgan fingerprint density at radius 3 is 1.28 bits per heavy atom. The van der Waals surface area contributed by atoms with Crippen LogP contribution >= 0.6 is 0 Å². The first kappa shape index (κ1) is 27.8. The van der Waals surface area contributed by atoms with E-state index in [1.165, 1.54) is 83.7 Å². The zero-order valence-corrected chi connectivity index (χ0v) is 26.5. The van der Waals surface area contributed by atoms with Gasteiger partial charge in [0, 0.05) is 22.3 Å². The molecule has 0 fully saturated rings. The van der Waals surface area contributed by atoms with Gasteiger partial charge in [-0.25, -0.2) is 0 Å². The van der Waals surface area contributed by atoms with Crippen LogP contribution in [0.1, 0.15) is 27.8 Å². The van der Waals surface area contributed by atoms with Crippen molar-refractivity contribution in [1.82, 2.24) is 0 Å². The van der Waals surface area contributed by atoms with Crippen LogP contribution in [-0.2, 0) is 32.2 Å². The summed E-state index contributed by atoms with van der Waals surface area (Å²) in [4.78, 5) is 0. The van der Waals surface area contributed by atoms with Gasteiger partial charge in [0.05, 0.1) is 11.1 Å². The summed E-state index contributed by atoms with van der Waals surface area (Å²) in [6.45, 7) is 0.824. The van der Waals surface area contributed by atoms with Crippen molar-refractivity contribution < 1.29 is 4.57 Å². The predicted octanol–water partition coefficient (Wildman–Crippen LogP) is 10.6. The molecule has 6 aromatic carbocycles. The SMILES string of the molecule is c1ccc(C[n+]2c3c(c(-c4ccccc4)c4c2-c2cc(-c5ccccc5)ccc2CC4)CCc2ccc(-c4ccccc4)cc2-3)cc1. The molecule has 224 valence electrons. The first-order valence-corrected chi connectivity index (χ1v) is 16.9. The summed E-state index contributed by atoms with van der Waals surface area (Å²) in [5.74, 6) is 0. The van der Waals surface area contributed by atoms with E-state index in [2.05, 4.69) is 162 Å². The van der Waals surface area contributed by atoms with Gasteiger partial charge in [0.15, 0.2) is 6.54 Å². The van der Waals surface area contributed by atoms with Crippen LogP contribution in [0.25, 0.3) is 55.9 Å². The van der Waals surface area contributed by atoms with Crippen LogP contribution in [0.2, 0.25) is 0 Å². The van der Waals surface area contributed by atoms with Crippen molar-refractivity contribution in [1.29, 1.82) is 0 Å². The Hall–Kier alpha value is -5.53. The highest BCUT2D eigenvalue weighted by atomic mass is 15.0. The third-order valence-electron chi connectivity index (χ3n) is 10.2. The molecule has 0 radical (unpaired) electrons. The second-order valence-electron chi connectivity index (χ2n) is 12.9. The number of rotatable bonds is 5. The first-order chi connectivity index (χ1) is 23.3. The van der Waals surface area contributed by atoms with Gasteiger partial charge in [0.2, 0.25) is 11.4 Å². The van der Waals surface area contributed by atoms with Crippen molar-refractivity contribution in [3.05, 3.63) is 186 Å². The highest BCUT2D eigenvalue weighted by Gasteiger charge is 2.38. The third-order valence-corrected chi connectivity index (χ3v) is 10.2. The number of aryl methyl sites for hydroxylation is 2. The van der Waals surface area contributed by atoms with Gasteiger partial charge < -0.3 is 0 Å². The van der Waals surface area contributed by atoms with Crippen LogP contribution in [0.3, 0.4) is 0 Å². The highest BCUT2D eigenvalue weighted by molar-refractivity contribution is 5.87. The molecule has 0 unspecified atom stereocenters. The number of nitrogens with zero attached hydrogens (tertiary/aromatic N) is 1. The fourth-order valence-electron chi connectivity index (χ4n) is 8.01. The maximum atomic E-state index is 2.70. The lowest BCUT2D eigenvalue weighted by atomic mass is 9.77. The smallest absolute Gasteiger partial charge is 0.186 e. The van der Waals surface area contributed by atoms with E-state index in [0.717, 1.165) is 32.2 Å². The minimum Gasteiger partial charge on any atom is -0.186 e. The normalized spacial score (nSPS) is 12.9. The summed E-state index contributed by atoms with van der Waals surface area (Å²) in [6.07, 6.45) is 4.18. The predicted molar refractivity (Wildman–Crippen MR) is 194 cm³/mol. The van der Waals surface area contributed by atoms with Crippen molar-refractivity contribution in [3.8, 4) is 55.9 Å². The van der Waals surface area contributed by atoms with Gasteiger partial charge in [0.25, 0.3) is 0 Å². The fourth-order valence-corrected chi connectivity index (χ4v) is 8.01. The molecule has 0 bridgehead atoms. The van der Waals surface area contributed by atoms with E-state index in [-0.39, 0.29) is 0 Å². The zero-order valence-electron chi connectivity index (χ0n) is 26.5. The lowest BCUT2D eigenvalue weighted by Crippen LogP contribution is -2.44. The van der Waals surface area contributed by atoms with Gasteiger partial charge in [-0.2, -0.15) is 4.57 Å². The van der Waals surface area contributed by atoms with Crippen molar-refractivity contribution in [2.75, 3.05) is 0 Å². The molecule has 1 aromatic heterocycles. The highest BCUT2D eigenvalue weighted by Crippen LogP contribution is 2.46. The Labute approximate surface area is 277 Å². The molecular formula is C46H36N+. The topological polar surface area (TPSA) is 3.88 Å². The van der Waals surface area contributed by atoms with Crippen LogP contribution < -0.4 is 4.57 Å². The molecule has 47 heavy (non-hydrogen) atoms. The van der Waals surface area contributed by atoms with Gasteiger partial charge in [-0.15, -0.1) is 0 Å². The van der Waals surface area contributed by atoms with Crippen LogP contribution in [0.5, 0.6) is 0 Å². The molecule has 0 amide bonds. The van der Waals surface area contributed by atoms with Gasteiger partial charge in [-0.3, -0.25) is 0 Å². The average molecular weight is 603 g/mol. The summed E-state index contributed by atoms with van der Waals surface area (Å²) in [6, 6.07) is 58.3. The van der Waals surface area contributed by atoms with Crippen molar-refractivity contribution in [2.24, 2.45) is 0 Å². The Morgan fingerprint density at radius 2 is 0.809 bits per heavy atom. The summed E-state index contributed by atoms with van der Waals surface area (Å²) in [5.41, 5.74) is 20.5. The van der Waals surface area contributed by atoms with E-state index in [1.807, 2.05) is 0 Å². The number of aromatic nitrogens is 1. The zero-order chi connectivity index (χ0) is 31.2. The number of pyridine rings is 1. The summed E-state index contributed by atoms with van der Waals surface area (Å²) in [7, 11) is 0. The molecule has 0 spiro atoms. The molecule has 0 aliphatic heterocycles. The molecule has 2 aliphatic rings. The van der Waals surface area contributed by atoms with Gasteiger partial charge in [-0.05, 0) is 76.8 Å². The minimum atomic E-state index is 0.824. The lowest BCUT2D eigenvalue weighted by Gasteiger charge is -2.29. The molecule has 9 rings (SSSR count). The first-order valence-electron chi connectivity index (χ1n) is 16.9. The van der Waals surface area contributed by atoms with E-state index in [1.54, 1.807) is 0 Å². The van der Waals surface area contributed by atoms with E-state index >= 15 is 0 Å². The number of hydrogen-bond donors (Lipinski definition) is 0. The van der Waals surface area contributed by atoms with Crippen molar-refractivity contribution in [2.45, 2.75) is 32.2 Å². The van der Waals surface area contributed by atoms with E-state index in [0.29, 0.717) is 0 Å². The molecule has 0 N–H and O–H groups in total. The molecule has 0 saturated carbocycles. The quantitative estimate of drug-likeness (QED) is 0.173. The molecule has 7 aromatic rings. The molecular weight excluding hydrogens is 567 g/mol.